The Kier molecular flexibility index (Phi) is 6.03. The third-order valence-electron chi connectivity index (χ3n) is 6.23. The van der Waals surface area contributed by atoms with E-state index in [4.69, 9.17) is 17.3 Å². The number of halogens is 1. The van der Waals surface area contributed by atoms with E-state index in [-0.39, 0.29) is 24.2 Å². The third-order valence-corrected chi connectivity index (χ3v) is 7.77. The standard InChI is InChI=1S/C25H22ClN5O4S/c1-30-21-11-17(26)6-7-20(21)22(27)23(30)16-10-15(12-28-14-16)13-29-36(34,35)9-8-31-24(32)18-4-2-3-5-19(18)25(31)33/h2-7,10-12,14,29H,8-9,13,27H2,1H3. The average molecular weight is 524 g/mol. The number of aromatic nitrogens is 2. The summed E-state index contributed by atoms with van der Waals surface area (Å²) in [6, 6.07) is 13.7. The van der Waals surface area contributed by atoms with Gasteiger partial charge in [-0.15, -0.1) is 0 Å². The number of fused-ring (bicyclic) bond motifs is 2. The lowest BCUT2D eigenvalue weighted by atomic mass is 10.1. The summed E-state index contributed by atoms with van der Waals surface area (Å²) < 4.78 is 29.7. The van der Waals surface area contributed by atoms with E-state index in [1.165, 1.54) is 0 Å². The molecule has 4 aromatic rings. The molecule has 0 radical (unpaired) electrons. The molecule has 0 saturated heterocycles. The Morgan fingerprint density at radius 2 is 1.72 bits per heavy atom. The van der Waals surface area contributed by atoms with Gasteiger partial charge in [0.2, 0.25) is 10.0 Å². The normalized spacial score (nSPS) is 13.6. The van der Waals surface area contributed by atoms with Crippen LogP contribution in [0.5, 0.6) is 0 Å². The maximum absolute atomic E-state index is 12.6. The summed E-state index contributed by atoms with van der Waals surface area (Å²) in [5, 5.41) is 1.45. The van der Waals surface area contributed by atoms with E-state index in [9.17, 15) is 18.0 Å². The number of carbonyl (C=O) groups is 2. The highest BCUT2D eigenvalue weighted by Crippen LogP contribution is 2.36. The number of hydrogen-bond acceptors (Lipinski definition) is 6. The van der Waals surface area contributed by atoms with Gasteiger partial charge in [0.05, 0.1) is 33.8 Å². The molecule has 9 nitrogen and oxygen atoms in total. The number of rotatable bonds is 7. The lowest BCUT2D eigenvalue weighted by molar-refractivity contribution is 0.0664. The fourth-order valence-electron chi connectivity index (χ4n) is 4.42. The summed E-state index contributed by atoms with van der Waals surface area (Å²) in [4.78, 5) is 30.2. The van der Waals surface area contributed by atoms with Crippen LogP contribution >= 0.6 is 11.6 Å². The molecular formula is C25H22ClN5O4S. The number of benzene rings is 2. The molecule has 0 atom stereocenters. The van der Waals surface area contributed by atoms with Crippen LogP contribution in [0.2, 0.25) is 5.02 Å². The van der Waals surface area contributed by atoms with Crippen molar-refractivity contribution in [2.24, 2.45) is 7.05 Å². The molecule has 2 amide bonds. The molecule has 5 rings (SSSR count). The highest BCUT2D eigenvalue weighted by Gasteiger charge is 2.35. The van der Waals surface area contributed by atoms with Crippen molar-refractivity contribution in [2.45, 2.75) is 6.54 Å². The summed E-state index contributed by atoms with van der Waals surface area (Å²) in [6.45, 7) is -0.254. The highest BCUT2D eigenvalue weighted by molar-refractivity contribution is 7.89. The smallest absolute Gasteiger partial charge is 0.261 e. The first-order valence-corrected chi connectivity index (χ1v) is 13.1. The van der Waals surface area contributed by atoms with Gasteiger partial charge in [-0.25, -0.2) is 13.1 Å². The van der Waals surface area contributed by atoms with Gasteiger partial charge in [0.25, 0.3) is 11.8 Å². The number of aryl methyl sites for hydroxylation is 1. The quantitative estimate of drug-likeness (QED) is 0.358. The van der Waals surface area contributed by atoms with Crippen LogP contribution in [0.25, 0.3) is 22.2 Å². The zero-order valence-corrected chi connectivity index (χ0v) is 20.8. The Morgan fingerprint density at radius 3 is 2.42 bits per heavy atom. The molecule has 0 bridgehead atoms. The molecule has 11 heteroatoms. The number of anilines is 1. The zero-order valence-electron chi connectivity index (χ0n) is 19.2. The maximum Gasteiger partial charge on any atom is 0.261 e. The molecule has 36 heavy (non-hydrogen) atoms. The predicted molar refractivity (Wildman–Crippen MR) is 138 cm³/mol. The van der Waals surface area contributed by atoms with Crippen molar-refractivity contribution in [2.75, 3.05) is 18.0 Å². The lowest BCUT2D eigenvalue weighted by Gasteiger charge is -2.14. The summed E-state index contributed by atoms with van der Waals surface area (Å²) in [6.07, 6.45) is 3.22. The Bertz CT molecular complexity index is 1610. The van der Waals surface area contributed by atoms with Crippen molar-refractivity contribution in [3.05, 3.63) is 82.6 Å². The highest BCUT2D eigenvalue weighted by atomic mass is 35.5. The van der Waals surface area contributed by atoms with Crippen molar-refractivity contribution in [1.82, 2.24) is 19.2 Å². The van der Waals surface area contributed by atoms with Crippen LogP contribution in [-0.4, -0.2) is 47.0 Å². The molecule has 184 valence electrons. The number of nitrogen functional groups attached to an aromatic ring is 1. The van der Waals surface area contributed by atoms with Gasteiger partial charge in [0, 0.05) is 48.5 Å². The largest absolute Gasteiger partial charge is 0.396 e. The molecule has 0 unspecified atom stereocenters. The second kappa shape index (κ2) is 9.05. The van der Waals surface area contributed by atoms with Crippen LogP contribution in [-0.2, 0) is 23.6 Å². The molecule has 2 aromatic carbocycles. The number of nitrogens with one attached hydrogen (secondary N) is 1. The van der Waals surface area contributed by atoms with E-state index >= 15 is 0 Å². The first-order valence-electron chi connectivity index (χ1n) is 11.1. The van der Waals surface area contributed by atoms with Gasteiger partial charge in [-0.3, -0.25) is 19.5 Å². The Labute approximate surface area is 212 Å². The summed E-state index contributed by atoms with van der Waals surface area (Å²) in [5.74, 6) is -1.39. The van der Waals surface area contributed by atoms with Crippen molar-refractivity contribution in [3.8, 4) is 11.3 Å². The molecule has 3 heterocycles. The number of nitrogens with zero attached hydrogens (tertiary/aromatic N) is 3. The fraction of sp³-hybridized carbons (Fsp3) is 0.160. The number of carbonyl (C=O) groups excluding carboxylic acids is 2. The van der Waals surface area contributed by atoms with Crippen LogP contribution in [0.15, 0.2) is 60.9 Å². The summed E-state index contributed by atoms with van der Waals surface area (Å²) in [7, 11) is -1.92. The molecule has 1 aliphatic rings. The summed E-state index contributed by atoms with van der Waals surface area (Å²) in [5.41, 5.74) is 10.5. The van der Waals surface area contributed by atoms with Gasteiger partial charge in [-0.1, -0.05) is 23.7 Å². The molecule has 0 aliphatic carbocycles. The van der Waals surface area contributed by atoms with Crippen LogP contribution in [0.3, 0.4) is 0 Å². The Hall–Kier alpha value is -3.73. The number of hydrogen-bond donors (Lipinski definition) is 2. The minimum Gasteiger partial charge on any atom is -0.396 e. The SMILES string of the molecule is Cn1c(-c2cncc(CNS(=O)(=O)CCN3C(=O)c4ccccc4C3=O)c2)c(N)c2ccc(Cl)cc21. The van der Waals surface area contributed by atoms with E-state index in [1.807, 2.05) is 29.8 Å². The molecule has 0 spiro atoms. The lowest BCUT2D eigenvalue weighted by Crippen LogP contribution is -2.37. The molecule has 0 saturated carbocycles. The van der Waals surface area contributed by atoms with Gasteiger partial charge >= 0.3 is 0 Å². The second-order valence-electron chi connectivity index (χ2n) is 8.51. The third kappa shape index (κ3) is 4.23. The van der Waals surface area contributed by atoms with Gasteiger partial charge < -0.3 is 10.3 Å². The first kappa shape index (κ1) is 24.0. The van der Waals surface area contributed by atoms with Crippen LogP contribution in [0.4, 0.5) is 5.69 Å². The fourth-order valence-corrected chi connectivity index (χ4v) is 5.54. The molecule has 2 aromatic heterocycles. The molecule has 0 fully saturated rings. The molecule has 3 N–H and O–H groups in total. The number of sulfonamides is 1. The van der Waals surface area contributed by atoms with Gasteiger partial charge in [-0.2, -0.15) is 0 Å². The molecular weight excluding hydrogens is 502 g/mol. The number of imide groups is 1. The summed E-state index contributed by atoms with van der Waals surface area (Å²) >= 11 is 6.14. The van der Waals surface area contributed by atoms with Gasteiger partial charge in [0.15, 0.2) is 0 Å². The first-order chi connectivity index (χ1) is 17.2. The number of pyridine rings is 1. The van der Waals surface area contributed by atoms with E-state index in [2.05, 4.69) is 9.71 Å². The van der Waals surface area contributed by atoms with Crippen molar-refractivity contribution >= 4 is 50.0 Å². The maximum atomic E-state index is 12.6. The van der Waals surface area contributed by atoms with E-state index in [0.717, 1.165) is 27.1 Å². The second-order valence-corrected chi connectivity index (χ2v) is 10.9. The number of nitrogens with two attached hydrogens (primary N) is 1. The zero-order chi connectivity index (χ0) is 25.6. The van der Waals surface area contributed by atoms with Crippen molar-refractivity contribution in [3.63, 3.8) is 0 Å². The number of amides is 2. The van der Waals surface area contributed by atoms with E-state index in [1.54, 1.807) is 42.7 Å². The topological polar surface area (TPSA) is 127 Å². The van der Waals surface area contributed by atoms with Gasteiger partial charge in [0.1, 0.15) is 0 Å². The van der Waals surface area contributed by atoms with E-state index < -0.39 is 27.6 Å². The van der Waals surface area contributed by atoms with Crippen molar-refractivity contribution < 1.29 is 18.0 Å². The minimum atomic E-state index is -3.79. The minimum absolute atomic E-state index is 0.0129. The van der Waals surface area contributed by atoms with Gasteiger partial charge in [-0.05, 0) is 42.0 Å². The monoisotopic (exact) mass is 523 g/mol. The van der Waals surface area contributed by atoms with Crippen LogP contribution in [0, 0.1) is 0 Å². The average Bonchev–Trinajstić information content (AvgIpc) is 3.26. The molecule has 1 aliphatic heterocycles. The Balaban J connectivity index is 1.29. The van der Waals surface area contributed by atoms with E-state index in [0.29, 0.717) is 16.3 Å². The predicted octanol–water partition coefficient (Wildman–Crippen LogP) is 3.19. The van der Waals surface area contributed by atoms with Crippen LogP contribution < -0.4 is 10.5 Å². The Morgan fingerprint density at radius 1 is 1.03 bits per heavy atom. The van der Waals surface area contributed by atoms with Crippen molar-refractivity contribution in [1.29, 1.82) is 0 Å². The van der Waals surface area contributed by atoms with Crippen LogP contribution in [0.1, 0.15) is 26.3 Å².